The van der Waals surface area contributed by atoms with Crippen LogP contribution in [0.2, 0.25) is 0 Å². The summed E-state index contributed by atoms with van der Waals surface area (Å²) >= 11 is 0. The van der Waals surface area contributed by atoms with Gasteiger partial charge in [-0.3, -0.25) is 0 Å². The minimum atomic E-state index is -0.0740. The normalized spacial score (nSPS) is 27.5. The molecule has 0 radical (unpaired) electrons. The minimum absolute atomic E-state index is 0.0303. The van der Waals surface area contributed by atoms with Crippen LogP contribution in [0.1, 0.15) is 28.9 Å². The lowest BCUT2D eigenvalue weighted by Gasteiger charge is -2.40. The Bertz CT molecular complexity index is 918. The van der Waals surface area contributed by atoms with E-state index in [0.717, 1.165) is 22.6 Å². The van der Waals surface area contributed by atoms with E-state index in [0.29, 0.717) is 5.92 Å². The van der Waals surface area contributed by atoms with Gasteiger partial charge in [-0.1, -0.05) is 42.5 Å². The predicted molar refractivity (Wildman–Crippen MR) is 104 cm³/mol. The molecule has 2 aromatic rings. The van der Waals surface area contributed by atoms with Crippen molar-refractivity contribution < 1.29 is 9.47 Å². The van der Waals surface area contributed by atoms with Gasteiger partial charge in [0.05, 0.1) is 12.1 Å². The molecule has 1 aliphatic carbocycles. The van der Waals surface area contributed by atoms with Crippen molar-refractivity contribution in [2.45, 2.75) is 18.2 Å². The molecule has 132 valence electrons. The van der Waals surface area contributed by atoms with Gasteiger partial charge in [-0.05, 0) is 18.2 Å². The summed E-state index contributed by atoms with van der Waals surface area (Å²) in [4.78, 5) is 0. The number of hydrogen-bond acceptors (Lipinski definition) is 4. The SMILES string of the molecule is COC1c2ccccc2Nc2cc3c(cc21)NC1C=CC=CC1C3OC. The maximum Gasteiger partial charge on any atom is 0.111 e. The number of fused-ring (bicyclic) bond motifs is 4. The van der Waals surface area contributed by atoms with Gasteiger partial charge in [-0.15, -0.1) is 0 Å². The molecule has 2 heterocycles. The van der Waals surface area contributed by atoms with Crippen molar-refractivity contribution in [2.24, 2.45) is 5.92 Å². The van der Waals surface area contributed by atoms with Gasteiger partial charge in [0.15, 0.2) is 0 Å². The lowest BCUT2D eigenvalue weighted by Crippen LogP contribution is -2.37. The number of nitrogens with one attached hydrogen (secondary N) is 2. The third-order valence-corrected chi connectivity index (χ3v) is 5.66. The molecule has 0 bridgehead atoms. The third-order valence-electron chi connectivity index (χ3n) is 5.66. The summed E-state index contributed by atoms with van der Waals surface area (Å²) in [6.07, 6.45) is 8.60. The highest BCUT2D eigenvalue weighted by atomic mass is 16.5. The van der Waals surface area contributed by atoms with Crippen molar-refractivity contribution in [3.05, 3.63) is 77.4 Å². The monoisotopic (exact) mass is 346 g/mol. The average molecular weight is 346 g/mol. The fourth-order valence-corrected chi connectivity index (χ4v) is 4.45. The molecule has 4 atom stereocenters. The Labute approximate surface area is 153 Å². The minimum Gasteiger partial charge on any atom is -0.378 e. The van der Waals surface area contributed by atoms with Crippen molar-refractivity contribution in [3.63, 3.8) is 0 Å². The lowest BCUT2D eigenvalue weighted by atomic mass is 9.80. The van der Waals surface area contributed by atoms with Crippen LogP contribution in [0.25, 0.3) is 0 Å². The van der Waals surface area contributed by atoms with Gasteiger partial charge >= 0.3 is 0 Å². The van der Waals surface area contributed by atoms with Crippen LogP contribution in [0, 0.1) is 5.92 Å². The highest BCUT2D eigenvalue weighted by Crippen LogP contribution is 2.48. The summed E-state index contributed by atoms with van der Waals surface area (Å²) in [5.41, 5.74) is 6.82. The summed E-state index contributed by atoms with van der Waals surface area (Å²) in [6.45, 7) is 0. The molecule has 0 fully saturated rings. The van der Waals surface area contributed by atoms with E-state index >= 15 is 0 Å². The van der Waals surface area contributed by atoms with Crippen molar-refractivity contribution in [2.75, 3.05) is 24.9 Å². The second kappa shape index (κ2) is 6.01. The molecule has 3 aliphatic rings. The molecular weight excluding hydrogens is 324 g/mol. The maximum atomic E-state index is 5.92. The first-order chi connectivity index (χ1) is 12.8. The van der Waals surface area contributed by atoms with Crippen LogP contribution < -0.4 is 10.6 Å². The topological polar surface area (TPSA) is 42.5 Å². The smallest absolute Gasteiger partial charge is 0.111 e. The first-order valence-corrected chi connectivity index (χ1v) is 9.01. The molecular formula is C22H22N2O2. The first-order valence-electron chi connectivity index (χ1n) is 9.01. The maximum absolute atomic E-state index is 5.92. The Balaban J connectivity index is 1.65. The molecule has 0 amide bonds. The quantitative estimate of drug-likeness (QED) is 0.827. The molecule has 2 aromatic carbocycles. The third kappa shape index (κ3) is 2.23. The number of methoxy groups -OCH3 is 2. The Morgan fingerprint density at radius 3 is 2.46 bits per heavy atom. The number of benzene rings is 2. The molecule has 4 heteroatoms. The van der Waals surface area contributed by atoms with Crippen LogP contribution >= 0.6 is 0 Å². The summed E-state index contributed by atoms with van der Waals surface area (Å²) in [5.74, 6) is 0.296. The zero-order valence-electron chi connectivity index (χ0n) is 14.9. The van der Waals surface area contributed by atoms with E-state index in [1.165, 1.54) is 11.1 Å². The Morgan fingerprint density at radius 1 is 0.808 bits per heavy atom. The molecule has 4 unspecified atom stereocenters. The van der Waals surface area contributed by atoms with E-state index < -0.39 is 0 Å². The molecule has 2 N–H and O–H groups in total. The van der Waals surface area contributed by atoms with Gasteiger partial charge < -0.3 is 20.1 Å². The van der Waals surface area contributed by atoms with Gasteiger partial charge in [0.25, 0.3) is 0 Å². The molecule has 26 heavy (non-hydrogen) atoms. The van der Waals surface area contributed by atoms with E-state index in [9.17, 15) is 0 Å². The van der Waals surface area contributed by atoms with Gasteiger partial charge in [0, 0.05) is 53.9 Å². The van der Waals surface area contributed by atoms with Crippen molar-refractivity contribution in [1.82, 2.24) is 0 Å². The van der Waals surface area contributed by atoms with Gasteiger partial charge in [-0.2, -0.15) is 0 Å². The van der Waals surface area contributed by atoms with Gasteiger partial charge in [0.2, 0.25) is 0 Å². The number of rotatable bonds is 2. The zero-order valence-corrected chi connectivity index (χ0v) is 14.9. The van der Waals surface area contributed by atoms with Gasteiger partial charge in [-0.25, -0.2) is 0 Å². The van der Waals surface area contributed by atoms with Crippen LogP contribution in [0.5, 0.6) is 0 Å². The van der Waals surface area contributed by atoms with E-state index in [-0.39, 0.29) is 18.2 Å². The highest BCUT2D eigenvalue weighted by molar-refractivity contribution is 5.77. The predicted octanol–water partition coefficient (Wildman–Crippen LogP) is 4.70. The average Bonchev–Trinajstić information content (AvgIpc) is 2.68. The zero-order chi connectivity index (χ0) is 17.7. The summed E-state index contributed by atoms with van der Waals surface area (Å²) in [5, 5.41) is 7.26. The number of allylic oxidation sites excluding steroid dienone is 2. The molecule has 0 saturated heterocycles. The molecule has 0 saturated carbocycles. The largest absolute Gasteiger partial charge is 0.378 e. The van der Waals surface area contributed by atoms with E-state index in [2.05, 4.69) is 65.3 Å². The van der Waals surface area contributed by atoms with E-state index in [4.69, 9.17) is 9.47 Å². The number of anilines is 3. The van der Waals surface area contributed by atoms with Crippen LogP contribution in [0.4, 0.5) is 17.1 Å². The van der Waals surface area contributed by atoms with Crippen LogP contribution in [-0.2, 0) is 9.47 Å². The standard InChI is InChI=1S/C22H22N2O2/c1-25-21-13-7-3-5-9-17(13)23-19-12-16-20(11-15(19)21)24-18-10-6-4-8-14(18)22(16)26-2/h3-13,17,21-24H,1-2H3. The summed E-state index contributed by atoms with van der Waals surface area (Å²) < 4.78 is 11.8. The van der Waals surface area contributed by atoms with Crippen LogP contribution in [-0.4, -0.2) is 20.3 Å². The van der Waals surface area contributed by atoms with E-state index in [1.54, 1.807) is 14.2 Å². The first kappa shape index (κ1) is 15.7. The molecule has 4 nitrogen and oxygen atoms in total. The molecule has 0 spiro atoms. The van der Waals surface area contributed by atoms with Crippen molar-refractivity contribution >= 4 is 17.1 Å². The van der Waals surface area contributed by atoms with Crippen molar-refractivity contribution in [3.8, 4) is 0 Å². The lowest BCUT2D eigenvalue weighted by molar-refractivity contribution is 0.0620. The second-order valence-electron chi connectivity index (χ2n) is 7.03. The Kier molecular flexibility index (Phi) is 3.62. The highest BCUT2D eigenvalue weighted by Gasteiger charge is 2.37. The number of ether oxygens (including phenoxy) is 2. The summed E-state index contributed by atoms with van der Waals surface area (Å²) in [6, 6.07) is 13.0. The molecule has 2 aliphatic heterocycles. The fraction of sp³-hybridized carbons (Fsp3) is 0.273. The summed E-state index contributed by atoms with van der Waals surface area (Å²) in [7, 11) is 3.56. The molecule has 5 rings (SSSR count). The van der Waals surface area contributed by atoms with Crippen molar-refractivity contribution in [1.29, 1.82) is 0 Å². The van der Waals surface area contributed by atoms with Crippen LogP contribution in [0.15, 0.2) is 60.7 Å². The van der Waals surface area contributed by atoms with Crippen LogP contribution in [0.3, 0.4) is 0 Å². The second-order valence-corrected chi connectivity index (χ2v) is 7.03. The Morgan fingerprint density at radius 2 is 1.62 bits per heavy atom. The fourth-order valence-electron chi connectivity index (χ4n) is 4.45. The number of para-hydroxylation sites is 1. The van der Waals surface area contributed by atoms with E-state index in [1.807, 2.05) is 6.07 Å². The Hall–Kier alpha value is -2.56. The number of hydrogen-bond donors (Lipinski definition) is 2. The molecule has 0 aromatic heterocycles. The van der Waals surface area contributed by atoms with Gasteiger partial charge in [0.1, 0.15) is 6.10 Å².